The maximum absolute atomic E-state index is 12.3. The standard InChI is InChI=1S/C20H25N3O4/c1-3-27-20(25)16-8-10-23(11-9-16)14-17(12-21)19(24)22-13-15-4-6-18(26-2)7-5-15/h4-7,14,16H,3,8-11,13H2,1-2H3,(H,22,24)/b17-14-. The number of hydrogen-bond acceptors (Lipinski definition) is 6. The molecule has 1 saturated heterocycles. The molecule has 27 heavy (non-hydrogen) atoms. The summed E-state index contributed by atoms with van der Waals surface area (Å²) in [6, 6.07) is 9.30. The molecular weight excluding hydrogens is 346 g/mol. The Bertz CT molecular complexity index is 714. The monoisotopic (exact) mass is 371 g/mol. The largest absolute Gasteiger partial charge is 0.497 e. The molecule has 1 heterocycles. The number of carbonyl (C=O) groups is 2. The summed E-state index contributed by atoms with van der Waals surface area (Å²) < 4.78 is 10.1. The van der Waals surface area contributed by atoms with Crippen LogP contribution in [0.5, 0.6) is 5.75 Å². The van der Waals surface area contributed by atoms with Gasteiger partial charge in [0.2, 0.25) is 0 Å². The molecule has 0 aromatic heterocycles. The van der Waals surface area contributed by atoms with E-state index in [0.717, 1.165) is 11.3 Å². The third kappa shape index (κ3) is 6.03. The molecule has 2 rings (SSSR count). The summed E-state index contributed by atoms with van der Waals surface area (Å²) in [5, 5.41) is 12.1. The van der Waals surface area contributed by atoms with Gasteiger partial charge in [-0.05, 0) is 37.5 Å². The van der Waals surface area contributed by atoms with Crippen molar-refractivity contribution in [3.8, 4) is 11.8 Å². The first-order valence-electron chi connectivity index (χ1n) is 9.01. The van der Waals surface area contributed by atoms with Gasteiger partial charge in [-0.2, -0.15) is 5.26 Å². The summed E-state index contributed by atoms with van der Waals surface area (Å²) in [7, 11) is 1.59. The van der Waals surface area contributed by atoms with Crippen LogP contribution in [0.25, 0.3) is 0 Å². The van der Waals surface area contributed by atoms with Crippen molar-refractivity contribution in [2.45, 2.75) is 26.3 Å². The molecule has 0 bridgehead atoms. The molecule has 7 heteroatoms. The number of nitrogens with zero attached hydrogens (tertiary/aromatic N) is 2. The molecular formula is C20H25N3O4. The normalized spacial score (nSPS) is 15.0. The summed E-state index contributed by atoms with van der Waals surface area (Å²) in [4.78, 5) is 25.9. The molecule has 0 spiro atoms. The van der Waals surface area contributed by atoms with Crippen LogP contribution < -0.4 is 10.1 Å². The molecule has 1 aromatic carbocycles. The first kappa shape index (κ1) is 20.3. The summed E-state index contributed by atoms with van der Waals surface area (Å²) in [6.45, 7) is 3.72. The molecule has 1 fully saturated rings. The van der Waals surface area contributed by atoms with Crippen molar-refractivity contribution in [1.82, 2.24) is 10.2 Å². The molecule has 7 nitrogen and oxygen atoms in total. The highest BCUT2D eigenvalue weighted by atomic mass is 16.5. The zero-order chi connectivity index (χ0) is 19.6. The van der Waals surface area contributed by atoms with Crippen LogP contribution in [0, 0.1) is 17.2 Å². The van der Waals surface area contributed by atoms with Gasteiger partial charge in [-0.15, -0.1) is 0 Å². The highest BCUT2D eigenvalue weighted by Gasteiger charge is 2.25. The van der Waals surface area contributed by atoms with Crippen molar-refractivity contribution in [3.63, 3.8) is 0 Å². The number of piperidine rings is 1. The van der Waals surface area contributed by atoms with Gasteiger partial charge in [-0.25, -0.2) is 0 Å². The van der Waals surface area contributed by atoms with Crippen molar-refractivity contribution in [3.05, 3.63) is 41.6 Å². The number of benzene rings is 1. The van der Waals surface area contributed by atoms with Gasteiger partial charge in [0.05, 0.1) is 19.6 Å². The van der Waals surface area contributed by atoms with Gasteiger partial charge in [-0.1, -0.05) is 12.1 Å². The zero-order valence-electron chi connectivity index (χ0n) is 15.7. The van der Waals surface area contributed by atoms with Crippen LogP contribution in [-0.2, 0) is 20.9 Å². The van der Waals surface area contributed by atoms with E-state index in [4.69, 9.17) is 9.47 Å². The first-order valence-corrected chi connectivity index (χ1v) is 9.01. The second-order valence-electron chi connectivity index (χ2n) is 6.25. The van der Waals surface area contributed by atoms with Crippen LogP contribution in [0.4, 0.5) is 0 Å². The Morgan fingerprint density at radius 2 is 1.96 bits per heavy atom. The lowest BCUT2D eigenvalue weighted by atomic mass is 9.97. The summed E-state index contributed by atoms with van der Waals surface area (Å²) in [5.74, 6) is 0.0534. The van der Waals surface area contributed by atoms with E-state index in [0.29, 0.717) is 39.1 Å². The SMILES string of the molecule is CCOC(=O)C1CCN(/C=C(/C#N)C(=O)NCc2ccc(OC)cc2)CC1. The number of hydrogen-bond donors (Lipinski definition) is 1. The van der Waals surface area contributed by atoms with E-state index in [1.54, 1.807) is 20.2 Å². The number of amides is 1. The van der Waals surface area contributed by atoms with Crippen molar-refractivity contribution in [2.24, 2.45) is 5.92 Å². The number of ether oxygens (including phenoxy) is 2. The van der Waals surface area contributed by atoms with Crippen molar-refractivity contribution >= 4 is 11.9 Å². The molecule has 1 aliphatic heterocycles. The van der Waals surface area contributed by atoms with Gasteiger partial charge in [0, 0.05) is 25.8 Å². The minimum Gasteiger partial charge on any atom is -0.497 e. The van der Waals surface area contributed by atoms with E-state index in [1.165, 1.54) is 0 Å². The lowest BCUT2D eigenvalue weighted by molar-refractivity contribution is -0.149. The molecule has 1 aromatic rings. The third-order valence-electron chi connectivity index (χ3n) is 4.44. The van der Waals surface area contributed by atoms with Crippen LogP contribution in [-0.4, -0.2) is 43.6 Å². The smallest absolute Gasteiger partial charge is 0.309 e. The van der Waals surface area contributed by atoms with Gasteiger partial charge < -0.3 is 19.7 Å². The number of nitrogens with one attached hydrogen (secondary N) is 1. The predicted octanol–water partition coefficient (Wildman–Crippen LogP) is 1.99. The fourth-order valence-electron chi connectivity index (χ4n) is 2.87. The minimum atomic E-state index is -0.416. The Morgan fingerprint density at radius 1 is 1.30 bits per heavy atom. The van der Waals surface area contributed by atoms with E-state index >= 15 is 0 Å². The summed E-state index contributed by atoms with van der Waals surface area (Å²) in [6.07, 6.45) is 2.88. The Morgan fingerprint density at radius 3 is 2.52 bits per heavy atom. The van der Waals surface area contributed by atoms with Crippen LogP contribution >= 0.6 is 0 Å². The third-order valence-corrected chi connectivity index (χ3v) is 4.44. The van der Waals surface area contributed by atoms with Crippen LogP contribution in [0.2, 0.25) is 0 Å². The molecule has 0 radical (unpaired) electrons. The number of nitriles is 1. The van der Waals surface area contributed by atoms with Crippen LogP contribution in [0.3, 0.4) is 0 Å². The van der Waals surface area contributed by atoms with E-state index < -0.39 is 5.91 Å². The van der Waals surface area contributed by atoms with E-state index in [9.17, 15) is 14.9 Å². The number of carbonyl (C=O) groups excluding carboxylic acids is 2. The molecule has 144 valence electrons. The average molecular weight is 371 g/mol. The fraction of sp³-hybridized carbons (Fsp3) is 0.450. The molecule has 0 unspecified atom stereocenters. The summed E-state index contributed by atoms with van der Waals surface area (Å²) >= 11 is 0. The van der Waals surface area contributed by atoms with Gasteiger partial charge in [-0.3, -0.25) is 9.59 Å². The number of likely N-dealkylation sites (tertiary alicyclic amines) is 1. The lowest BCUT2D eigenvalue weighted by Gasteiger charge is -2.30. The molecule has 1 N–H and O–H groups in total. The van der Waals surface area contributed by atoms with Gasteiger partial charge in [0.25, 0.3) is 5.91 Å². The second-order valence-corrected chi connectivity index (χ2v) is 6.25. The maximum Gasteiger partial charge on any atom is 0.309 e. The van der Waals surface area contributed by atoms with E-state index in [-0.39, 0.29) is 17.5 Å². The molecule has 1 aliphatic rings. The maximum atomic E-state index is 12.3. The number of rotatable bonds is 7. The minimum absolute atomic E-state index is 0.0538. The van der Waals surface area contributed by atoms with Crippen molar-refractivity contribution in [1.29, 1.82) is 5.26 Å². The van der Waals surface area contributed by atoms with Gasteiger partial charge in [0.1, 0.15) is 17.4 Å². The predicted molar refractivity (Wildman–Crippen MR) is 99.5 cm³/mol. The highest BCUT2D eigenvalue weighted by Crippen LogP contribution is 2.19. The molecule has 0 atom stereocenters. The Balaban J connectivity index is 1.87. The second kappa shape index (κ2) is 10.2. The van der Waals surface area contributed by atoms with Gasteiger partial charge >= 0.3 is 5.97 Å². The van der Waals surface area contributed by atoms with Crippen LogP contribution in [0.1, 0.15) is 25.3 Å². The number of methoxy groups -OCH3 is 1. The Hall–Kier alpha value is -3.01. The van der Waals surface area contributed by atoms with Crippen LogP contribution in [0.15, 0.2) is 36.0 Å². The molecule has 1 amide bonds. The topological polar surface area (TPSA) is 91.7 Å². The average Bonchev–Trinajstić information content (AvgIpc) is 2.71. The zero-order valence-corrected chi connectivity index (χ0v) is 15.7. The molecule has 0 aliphatic carbocycles. The van der Waals surface area contributed by atoms with E-state index in [1.807, 2.05) is 35.2 Å². The number of esters is 1. The lowest BCUT2D eigenvalue weighted by Crippen LogP contribution is -2.35. The molecule has 0 saturated carbocycles. The summed E-state index contributed by atoms with van der Waals surface area (Å²) in [5.41, 5.74) is 0.967. The van der Waals surface area contributed by atoms with Crippen molar-refractivity contribution in [2.75, 3.05) is 26.8 Å². The highest BCUT2D eigenvalue weighted by molar-refractivity contribution is 5.97. The quantitative estimate of drug-likeness (QED) is 0.448. The first-order chi connectivity index (χ1) is 13.1. The van der Waals surface area contributed by atoms with Gasteiger partial charge in [0.15, 0.2) is 0 Å². The Kier molecular flexibility index (Phi) is 7.68. The fourth-order valence-corrected chi connectivity index (χ4v) is 2.87. The van der Waals surface area contributed by atoms with E-state index in [2.05, 4.69) is 5.32 Å². The van der Waals surface area contributed by atoms with Crippen molar-refractivity contribution < 1.29 is 19.1 Å². The Labute approximate surface area is 159 Å².